The Morgan fingerprint density at radius 1 is 1.57 bits per heavy atom. The zero-order valence-electron chi connectivity index (χ0n) is 8.51. The Bertz CT molecular complexity index is 214. The molecule has 0 aromatic carbocycles. The second-order valence-electron chi connectivity index (χ2n) is 3.64. The van der Waals surface area contributed by atoms with Gasteiger partial charge in [-0.25, -0.2) is 0 Å². The Kier molecular flexibility index (Phi) is 5.09. The fourth-order valence-electron chi connectivity index (χ4n) is 1.59. The van der Waals surface area contributed by atoms with Crippen molar-refractivity contribution in [3.8, 4) is 12.3 Å². The highest BCUT2D eigenvalue weighted by Crippen LogP contribution is 2.06. The predicted octanol–water partition coefficient (Wildman–Crippen LogP) is 0.516. The van der Waals surface area contributed by atoms with Crippen LogP contribution in [0.2, 0.25) is 0 Å². The maximum absolute atomic E-state index is 11.5. The minimum Gasteiger partial charge on any atom is -0.356 e. The van der Waals surface area contributed by atoms with E-state index in [0.29, 0.717) is 0 Å². The van der Waals surface area contributed by atoms with E-state index < -0.39 is 0 Å². The Balaban J connectivity index is 2.00. The lowest BCUT2D eigenvalue weighted by molar-refractivity contribution is -0.124. The zero-order chi connectivity index (χ0) is 10.2. The Labute approximate surface area is 85.6 Å². The predicted molar refractivity (Wildman–Crippen MR) is 56.7 cm³/mol. The van der Waals surface area contributed by atoms with Crippen molar-refractivity contribution in [2.24, 2.45) is 5.92 Å². The standard InChI is InChI=1S/C11H18N2O/c1-2-3-4-5-7-13-11(14)10-6-8-12-9-10/h1,10,12H,3-9H2,(H,13,14). The minimum absolute atomic E-state index is 0.183. The summed E-state index contributed by atoms with van der Waals surface area (Å²) >= 11 is 0. The number of unbranched alkanes of at least 4 members (excludes halogenated alkanes) is 2. The Hall–Kier alpha value is -1.01. The van der Waals surface area contributed by atoms with Crippen LogP contribution >= 0.6 is 0 Å². The Morgan fingerprint density at radius 2 is 2.43 bits per heavy atom. The minimum atomic E-state index is 0.183. The monoisotopic (exact) mass is 194 g/mol. The van der Waals surface area contributed by atoms with Crippen LogP contribution in [0.5, 0.6) is 0 Å². The Morgan fingerprint density at radius 3 is 3.07 bits per heavy atom. The normalized spacial score (nSPS) is 20.4. The molecule has 1 aliphatic heterocycles. The maximum Gasteiger partial charge on any atom is 0.224 e. The van der Waals surface area contributed by atoms with Crippen LogP contribution in [0.25, 0.3) is 0 Å². The molecule has 0 spiro atoms. The van der Waals surface area contributed by atoms with Gasteiger partial charge in [0, 0.05) is 19.5 Å². The van der Waals surface area contributed by atoms with Crippen molar-refractivity contribution in [1.82, 2.24) is 10.6 Å². The van der Waals surface area contributed by atoms with Gasteiger partial charge >= 0.3 is 0 Å². The molecule has 1 fully saturated rings. The van der Waals surface area contributed by atoms with E-state index in [1.165, 1.54) is 0 Å². The van der Waals surface area contributed by atoms with Crippen molar-refractivity contribution in [3.63, 3.8) is 0 Å². The third-order valence-electron chi connectivity index (χ3n) is 2.48. The molecule has 1 heterocycles. The SMILES string of the molecule is C#CCCCCNC(=O)C1CCNC1. The summed E-state index contributed by atoms with van der Waals surface area (Å²) in [5, 5.41) is 6.11. The van der Waals surface area contributed by atoms with Crippen LogP contribution in [0.1, 0.15) is 25.7 Å². The summed E-state index contributed by atoms with van der Waals surface area (Å²) in [4.78, 5) is 11.5. The van der Waals surface area contributed by atoms with Gasteiger partial charge in [-0.2, -0.15) is 0 Å². The number of hydrogen-bond donors (Lipinski definition) is 2. The molecule has 0 saturated carbocycles. The number of carbonyl (C=O) groups excluding carboxylic acids is 1. The molecule has 14 heavy (non-hydrogen) atoms. The van der Waals surface area contributed by atoms with E-state index in [4.69, 9.17) is 6.42 Å². The zero-order valence-corrected chi connectivity index (χ0v) is 8.51. The molecule has 0 aromatic rings. The molecule has 2 N–H and O–H groups in total. The van der Waals surface area contributed by atoms with Gasteiger partial charge in [0.2, 0.25) is 5.91 Å². The number of nitrogens with one attached hydrogen (secondary N) is 2. The van der Waals surface area contributed by atoms with Crippen molar-refractivity contribution < 1.29 is 4.79 Å². The average Bonchev–Trinajstić information content (AvgIpc) is 2.70. The lowest BCUT2D eigenvalue weighted by Gasteiger charge is -2.08. The topological polar surface area (TPSA) is 41.1 Å². The number of hydrogen-bond acceptors (Lipinski definition) is 2. The van der Waals surface area contributed by atoms with E-state index in [9.17, 15) is 4.79 Å². The van der Waals surface area contributed by atoms with E-state index in [-0.39, 0.29) is 11.8 Å². The van der Waals surface area contributed by atoms with Crippen molar-refractivity contribution in [2.45, 2.75) is 25.7 Å². The van der Waals surface area contributed by atoms with Crippen molar-refractivity contribution in [3.05, 3.63) is 0 Å². The number of amides is 1. The van der Waals surface area contributed by atoms with E-state index in [1.54, 1.807) is 0 Å². The quantitative estimate of drug-likeness (QED) is 0.495. The molecule has 1 atom stereocenters. The smallest absolute Gasteiger partial charge is 0.224 e. The molecule has 0 radical (unpaired) electrons. The van der Waals surface area contributed by atoms with Crippen molar-refractivity contribution in [1.29, 1.82) is 0 Å². The molecular weight excluding hydrogens is 176 g/mol. The molecule has 0 aliphatic carbocycles. The molecule has 0 bridgehead atoms. The van der Waals surface area contributed by atoms with Gasteiger partial charge in [0.25, 0.3) is 0 Å². The molecule has 3 heteroatoms. The maximum atomic E-state index is 11.5. The highest BCUT2D eigenvalue weighted by atomic mass is 16.1. The number of carbonyl (C=O) groups is 1. The molecule has 3 nitrogen and oxygen atoms in total. The van der Waals surface area contributed by atoms with Gasteiger partial charge in [-0.15, -0.1) is 12.3 Å². The van der Waals surface area contributed by atoms with Crippen LogP contribution in [0.3, 0.4) is 0 Å². The summed E-state index contributed by atoms with van der Waals surface area (Å²) in [6.07, 6.45) is 8.88. The van der Waals surface area contributed by atoms with Crippen LogP contribution < -0.4 is 10.6 Å². The summed E-state index contributed by atoms with van der Waals surface area (Å²) in [5.41, 5.74) is 0. The van der Waals surface area contributed by atoms with Gasteiger partial charge in [-0.1, -0.05) is 0 Å². The fraction of sp³-hybridized carbons (Fsp3) is 0.727. The molecular formula is C11H18N2O. The van der Waals surface area contributed by atoms with E-state index in [0.717, 1.165) is 45.3 Å². The summed E-state index contributed by atoms with van der Waals surface area (Å²) in [5.74, 6) is 2.96. The van der Waals surface area contributed by atoms with Crippen LogP contribution in [0.15, 0.2) is 0 Å². The molecule has 78 valence electrons. The first-order valence-corrected chi connectivity index (χ1v) is 5.26. The third-order valence-corrected chi connectivity index (χ3v) is 2.48. The summed E-state index contributed by atoms with van der Waals surface area (Å²) < 4.78 is 0. The lowest BCUT2D eigenvalue weighted by Crippen LogP contribution is -2.32. The van der Waals surface area contributed by atoms with Gasteiger partial charge in [0.1, 0.15) is 0 Å². The first kappa shape index (κ1) is 11.1. The average molecular weight is 194 g/mol. The summed E-state index contributed by atoms with van der Waals surface area (Å²) in [7, 11) is 0. The summed E-state index contributed by atoms with van der Waals surface area (Å²) in [6.45, 7) is 2.56. The fourth-order valence-corrected chi connectivity index (χ4v) is 1.59. The van der Waals surface area contributed by atoms with Crippen molar-refractivity contribution in [2.75, 3.05) is 19.6 Å². The first-order valence-electron chi connectivity index (χ1n) is 5.26. The van der Waals surface area contributed by atoms with Crippen LogP contribution in [0.4, 0.5) is 0 Å². The van der Waals surface area contributed by atoms with Crippen LogP contribution in [-0.4, -0.2) is 25.5 Å². The molecule has 1 saturated heterocycles. The van der Waals surface area contributed by atoms with Gasteiger partial charge < -0.3 is 10.6 Å². The lowest BCUT2D eigenvalue weighted by atomic mass is 10.1. The first-order chi connectivity index (χ1) is 6.84. The third kappa shape index (κ3) is 3.80. The van der Waals surface area contributed by atoms with Gasteiger partial charge in [0.15, 0.2) is 0 Å². The van der Waals surface area contributed by atoms with Crippen LogP contribution in [-0.2, 0) is 4.79 Å². The van der Waals surface area contributed by atoms with Gasteiger partial charge in [0.05, 0.1) is 5.92 Å². The van der Waals surface area contributed by atoms with E-state index in [1.807, 2.05) is 0 Å². The molecule has 1 rings (SSSR count). The molecule has 1 aliphatic rings. The highest BCUT2D eigenvalue weighted by Gasteiger charge is 2.21. The largest absolute Gasteiger partial charge is 0.356 e. The second-order valence-corrected chi connectivity index (χ2v) is 3.64. The highest BCUT2D eigenvalue weighted by molar-refractivity contribution is 5.79. The number of terminal acetylenes is 1. The van der Waals surface area contributed by atoms with Gasteiger partial charge in [-0.3, -0.25) is 4.79 Å². The molecule has 0 aromatic heterocycles. The molecule has 1 amide bonds. The number of rotatable bonds is 5. The van der Waals surface area contributed by atoms with E-state index >= 15 is 0 Å². The van der Waals surface area contributed by atoms with E-state index in [2.05, 4.69) is 16.6 Å². The summed E-state index contributed by atoms with van der Waals surface area (Å²) in [6, 6.07) is 0. The van der Waals surface area contributed by atoms with Gasteiger partial charge in [-0.05, 0) is 25.8 Å². The molecule has 1 unspecified atom stereocenters. The second kappa shape index (κ2) is 6.44. The van der Waals surface area contributed by atoms with Crippen molar-refractivity contribution >= 4 is 5.91 Å². The van der Waals surface area contributed by atoms with Crippen LogP contribution in [0, 0.1) is 18.3 Å².